The maximum Gasteiger partial charge on any atom is 0.251 e. The number of nitrogen functional groups attached to an aromatic ring is 1. The van der Waals surface area contributed by atoms with E-state index in [1.54, 1.807) is 0 Å². The molecule has 0 saturated carbocycles. The average Bonchev–Trinajstić information content (AvgIpc) is 2.93. The van der Waals surface area contributed by atoms with Crippen molar-refractivity contribution in [2.45, 2.75) is 25.2 Å². The molecule has 4 heteroatoms. The van der Waals surface area contributed by atoms with Crippen molar-refractivity contribution in [3.63, 3.8) is 0 Å². The second kappa shape index (κ2) is 6.18. The van der Waals surface area contributed by atoms with Gasteiger partial charge >= 0.3 is 0 Å². The first-order valence-corrected chi connectivity index (χ1v) is 7.56. The summed E-state index contributed by atoms with van der Waals surface area (Å²) < 4.78 is 13.1. The zero-order valence-electron chi connectivity index (χ0n) is 12.3. The van der Waals surface area contributed by atoms with Gasteiger partial charge in [-0.25, -0.2) is 4.39 Å². The molecule has 1 atom stereocenters. The number of aryl methyl sites for hydroxylation is 1. The number of nitrogens with one attached hydrogen (secondary N) is 1. The van der Waals surface area contributed by atoms with E-state index in [4.69, 9.17) is 5.73 Å². The van der Waals surface area contributed by atoms with Gasteiger partial charge in [-0.1, -0.05) is 24.3 Å². The van der Waals surface area contributed by atoms with E-state index in [1.165, 1.54) is 29.3 Å². The highest BCUT2D eigenvalue weighted by Crippen LogP contribution is 2.34. The lowest BCUT2D eigenvalue weighted by Crippen LogP contribution is -2.25. The molecule has 2 aromatic rings. The second-order valence-electron chi connectivity index (χ2n) is 5.72. The Labute approximate surface area is 129 Å². The van der Waals surface area contributed by atoms with Gasteiger partial charge in [-0.2, -0.15) is 0 Å². The number of hydrogen-bond donors (Lipinski definition) is 2. The van der Waals surface area contributed by atoms with Gasteiger partial charge < -0.3 is 11.1 Å². The summed E-state index contributed by atoms with van der Waals surface area (Å²) >= 11 is 0. The predicted octanol–water partition coefficient (Wildman–Crippen LogP) is 3.26. The zero-order chi connectivity index (χ0) is 15.5. The third-order valence-electron chi connectivity index (χ3n) is 4.29. The molecular weight excluding hydrogens is 279 g/mol. The lowest BCUT2D eigenvalue weighted by atomic mass is 9.98. The highest BCUT2D eigenvalue weighted by atomic mass is 19.1. The minimum absolute atomic E-state index is 0.00243. The van der Waals surface area contributed by atoms with E-state index >= 15 is 0 Å². The maximum absolute atomic E-state index is 13.1. The van der Waals surface area contributed by atoms with E-state index in [9.17, 15) is 9.18 Å². The predicted molar refractivity (Wildman–Crippen MR) is 85.3 cm³/mol. The fourth-order valence-electron chi connectivity index (χ4n) is 3.09. The molecule has 0 saturated heterocycles. The summed E-state index contributed by atoms with van der Waals surface area (Å²) in [4.78, 5) is 12.0. The van der Waals surface area contributed by atoms with E-state index < -0.39 is 5.82 Å². The zero-order valence-corrected chi connectivity index (χ0v) is 12.3. The van der Waals surface area contributed by atoms with Crippen LogP contribution in [0.5, 0.6) is 0 Å². The van der Waals surface area contributed by atoms with Gasteiger partial charge in [0.15, 0.2) is 0 Å². The molecule has 3 nitrogen and oxygen atoms in total. The molecular formula is C18H19FN2O. The van der Waals surface area contributed by atoms with Crippen LogP contribution in [0.2, 0.25) is 0 Å². The molecule has 0 aliphatic heterocycles. The average molecular weight is 298 g/mol. The summed E-state index contributed by atoms with van der Waals surface area (Å²) in [6, 6.07) is 12.5. The largest absolute Gasteiger partial charge is 0.396 e. The molecule has 2 aromatic carbocycles. The number of anilines is 1. The summed E-state index contributed by atoms with van der Waals surface area (Å²) in [5.74, 6) is -0.202. The molecule has 0 fully saturated rings. The van der Waals surface area contributed by atoms with E-state index in [0.29, 0.717) is 18.0 Å². The van der Waals surface area contributed by atoms with E-state index in [-0.39, 0.29) is 11.6 Å². The van der Waals surface area contributed by atoms with E-state index in [2.05, 4.69) is 29.6 Å². The lowest BCUT2D eigenvalue weighted by molar-refractivity contribution is 0.0952. The molecule has 1 amide bonds. The van der Waals surface area contributed by atoms with Crippen LogP contribution >= 0.6 is 0 Å². The lowest BCUT2D eigenvalue weighted by Gasteiger charge is -2.12. The number of benzene rings is 2. The van der Waals surface area contributed by atoms with Crippen molar-refractivity contribution in [2.75, 3.05) is 12.3 Å². The third-order valence-corrected chi connectivity index (χ3v) is 4.29. The first kappa shape index (κ1) is 14.6. The number of halogens is 1. The van der Waals surface area contributed by atoms with Crippen molar-refractivity contribution in [3.8, 4) is 0 Å². The normalized spacial score (nSPS) is 16.3. The number of hydrogen-bond acceptors (Lipinski definition) is 2. The van der Waals surface area contributed by atoms with Crippen LogP contribution in [-0.2, 0) is 6.42 Å². The Kier molecular flexibility index (Phi) is 4.09. The smallest absolute Gasteiger partial charge is 0.251 e. The highest BCUT2D eigenvalue weighted by Gasteiger charge is 2.21. The van der Waals surface area contributed by atoms with Gasteiger partial charge in [0.2, 0.25) is 0 Å². The van der Waals surface area contributed by atoms with Crippen molar-refractivity contribution in [3.05, 3.63) is 65.0 Å². The van der Waals surface area contributed by atoms with Crippen LogP contribution in [0.25, 0.3) is 0 Å². The summed E-state index contributed by atoms with van der Waals surface area (Å²) in [5, 5.41) is 2.89. The second-order valence-corrected chi connectivity index (χ2v) is 5.72. The molecule has 3 rings (SSSR count). The van der Waals surface area contributed by atoms with Crippen LogP contribution in [0.3, 0.4) is 0 Å². The Morgan fingerprint density at radius 2 is 2.09 bits per heavy atom. The van der Waals surface area contributed by atoms with Gasteiger partial charge in [0.25, 0.3) is 5.91 Å². The number of rotatable bonds is 4. The SMILES string of the molecule is Nc1cc(C(=O)NCCC2CCc3ccccc32)ccc1F. The van der Waals surface area contributed by atoms with Gasteiger partial charge in [-0.15, -0.1) is 0 Å². The van der Waals surface area contributed by atoms with Crippen LogP contribution in [0.1, 0.15) is 40.2 Å². The Hall–Kier alpha value is -2.36. The number of nitrogens with two attached hydrogens (primary N) is 1. The fourth-order valence-corrected chi connectivity index (χ4v) is 3.09. The van der Waals surface area contributed by atoms with Crippen molar-refractivity contribution in [1.82, 2.24) is 5.32 Å². The topological polar surface area (TPSA) is 55.1 Å². The number of fused-ring (bicyclic) bond motifs is 1. The summed E-state index contributed by atoms with van der Waals surface area (Å²) in [6.07, 6.45) is 3.17. The minimum Gasteiger partial charge on any atom is -0.396 e. The molecule has 1 aliphatic rings. The van der Waals surface area contributed by atoms with Crippen LogP contribution in [-0.4, -0.2) is 12.5 Å². The molecule has 0 bridgehead atoms. The minimum atomic E-state index is -0.501. The molecule has 114 valence electrons. The van der Waals surface area contributed by atoms with Crippen LogP contribution in [0, 0.1) is 5.82 Å². The molecule has 0 aromatic heterocycles. The van der Waals surface area contributed by atoms with Gasteiger partial charge in [-0.05, 0) is 54.5 Å². The summed E-state index contributed by atoms with van der Waals surface area (Å²) in [5.41, 5.74) is 8.70. The standard InChI is InChI=1S/C18H19FN2O/c19-16-8-7-14(11-17(16)20)18(22)21-10-9-13-6-5-12-3-1-2-4-15(12)13/h1-4,7-8,11,13H,5-6,9-10,20H2,(H,21,22). The van der Waals surface area contributed by atoms with Crippen molar-refractivity contribution in [1.29, 1.82) is 0 Å². The Morgan fingerprint density at radius 3 is 2.91 bits per heavy atom. The van der Waals surface area contributed by atoms with Gasteiger partial charge in [0, 0.05) is 12.1 Å². The molecule has 0 spiro atoms. The molecule has 0 radical (unpaired) electrons. The van der Waals surface area contributed by atoms with Crippen LogP contribution in [0.15, 0.2) is 42.5 Å². The summed E-state index contributed by atoms with van der Waals surface area (Å²) in [7, 11) is 0. The quantitative estimate of drug-likeness (QED) is 0.851. The van der Waals surface area contributed by atoms with Gasteiger partial charge in [-0.3, -0.25) is 4.79 Å². The summed E-state index contributed by atoms with van der Waals surface area (Å²) in [6.45, 7) is 0.606. The van der Waals surface area contributed by atoms with Crippen molar-refractivity contribution < 1.29 is 9.18 Å². The number of amides is 1. The monoisotopic (exact) mass is 298 g/mol. The van der Waals surface area contributed by atoms with Gasteiger partial charge in [0.1, 0.15) is 5.82 Å². The Bertz CT molecular complexity index is 699. The molecule has 1 unspecified atom stereocenters. The first-order valence-electron chi connectivity index (χ1n) is 7.56. The first-order chi connectivity index (χ1) is 10.6. The van der Waals surface area contributed by atoms with Crippen molar-refractivity contribution >= 4 is 11.6 Å². The number of carbonyl (C=O) groups excluding carboxylic acids is 1. The van der Waals surface area contributed by atoms with Crippen LogP contribution in [0.4, 0.5) is 10.1 Å². The Balaban J connectivity index is 1.55. The third kappa shape index (κ3) is 2.96. The Morgan fingerprint density at radius 1 is 1.27 bits per heavy atom. The molecule has 22 heavy (non-hydrogen) atoms. The molecule has 3 N–H and O–H groups in total. The van der Waals surface area contributed by atoms with Gasteiger partial charge in [0.05, 0.1) is 5.69 Å². The molecule has 1 aliphatic carbocycles. The fraction of sp³-hybridized carbons (Fsp3) is 0.278. The van der Waals surface area contributed by atoms with E-state index in [0.717, 1.165) is 19.3 Å². The molecule has 0 heterocycles. The van der Waals surface area contributed by atoms with E-state index in [1.807, 2.05) is 0 Å². The highest BCUT2D eigenvalue weighted by molar-refractivity contribution is 5.95. The van der Waals surface area contributed by atoms with Crippen molar-refractivity contribution in [2.24, 2.45) is 0 Å². The number of carbonyl (C=O) groups is 1. The maximum atomic E-state index is 13.1. The van der Waals surface area contributed by atoms with Crippen LogP contribution < -0.4 is 11.1 Å².